The molecule has 1 unspecified atom stereocenters. The highest BCUT2D eigenvalue weighted by atomic mass is 32.1. The Morgan fingerprint density at radius 2 is 2.24 bits per heavy atom. The smallest absolute Gasteiger partial charge is 0.326 e. The van der Waals surface area contributed by atoms with Gasteiger partial charge in [-0.05, 0) is 12.3 Å². The largest absolute Gasteiger partial charge is 0.480 e. The lowest BCUT2D eigenvalue weighted by Crippen LogP contribution is -2.43. The fourth-order valence-corrected chi connectivity index (χ4v) is 1.79. The average Bonchev–Trinajstić information content (AvgIpc) is 2.68. The highest BCUT2D eigenvalue weighted by Gasteiger charge is 2.21. The molecule has 0 radical (unpaired) electrons. The molecule has 0 aliphatic carbocycles. The summed E-state index contributed by atoms with van der Waals surface area (Å²) in [5.41, 5.74) is 0. The molecule has 0 saturated carbocycles. The third kappa shape index (κ3) is 4.81. The van der Waals surface area contributed by atoms with Crippen molar-refractivity contribution in [1.29, 1.82) is 0 Å². The Hall–Kier alpha value is -1.63. The number of carboxylic acid groups (broad SMARTS) is 1. The molecular formula is C10H15N3O3S. The van der Waals surface area contributed by atoms with Gasteiger partial charge in [0.25, 0.3) is 0 Å². The molecule has 17 heavy (non-hydrogen) atoms. The fourth-order valence-electron chi connectivity index (χ4n) is 1.27. The topological polar surface area (TPSA) is 91.3 Å². The Balaban J connectivity index is 2.49. The number of thiazole rings is 1. The third-order valence-corrected chi connectivity index (χ3v) is 2.65. The Kier molecular flexibility index (Phi) is 4.89. The summed E-state index contributed by atoms with van der Waals surface area (Å²) in [7, 11) is 0. The third-order valence-electron chi connectivity index (χ3n) is 1.96. The molecule has 3 N–H and O–H groups in total. The number of nitrogens with one attached hydrogen (secondary N) is 2. The van der Waals surface area contributed by atoms with Gasteiger partial charge >= 0.3 is 12.0 Å². The Morgan fingerprint density at radius 1 is 1.53 bits per heavy atom. The maximum Gasteiger partial charge on any atom is 0.326 e. The second-order valence-corrected chi connectivity index (χ2v) is 4.85. The Bertz CT molecular complexity index is 378. The lowest BCUT2D eigenvalue weighted by molar-refractivity contribution is -0.139. The minimum atomic E-state index is -1.03. The van der Waals surface area contributed by atoms with Gasteiger partial charge in [0.1, 0.15) is 6.04 Å². The van der Waals surface area contributed by atoms with Crippen LogP contribution in [0.4, 0.5) is 9.93 Å². The number of carbonyl (C=O) groups excluding carboxylic acids is 1. The van der Waals surface area contributed by atoms with Crippen LogP contribution in [0.2, 0.25) is 0 Å². The van der Waals surface area contributed by atoms with E-state index in [1.165, 1.54) is 11.3 Å². The fraction of sp³-hybridized carbons (Fsp3) is 0.500. The Morgan fingerprint density at radius 3 is 2.71 bits per heavy atom. The van der Waals surface area contributed by atoms with Gasteiger partial charge < -0.3 is 10.4 Å². The van der Waals surface area contributed by atoms with Crippen LogP contribution in [-0.4, -0.2) is 28.1 Å². The molecule has 1 aromatic heterocycles. The van der Waals surface area contributed by atoms with Gasteiger partial charge in [-0.15, -0.1) is 11.3 Å². The number of carboxylic acids is 1. The molecule has 7 heteroatoms. The van der Waals surface area contributed by atoms with E-state index in [4.69, 9.17) is 5.11 Å². The van der Waals surface area contributed by atoms with Crippen LogP contribution in [0.25, 0.3) is 0 Å². The minimum absolute atomic E-state index is 0.191. The molecule has 0 saturated heterocycles. The molecule has 1 aromatic rings. The summed E-state index contributed by atoms with van der Waals surface area (Å²) in [4.78, 5) is 26.3. The van der Waals surface area contributed by atoms with E-state index in [0.29, 0.717) is 11.6 Å². The van der Waals surface area contributed by atoms with Crippen molar-refractivity contribution < 1.29 is 14.7 Å². The van der Waals surface area contributed by atoms with Crippen molar-refractivity contribution in [2.45, 2.75) is 26.3 Å². The van der Waals surface area contributed by atoms with E-state index in [9.17, 15) is 9.59 Å². The van der Waals surface area contributed by atoms with E-state index in [-0.39, 0.29) is 5.92 Å². The summed E-state index contributed by atoms with van der Waals surface area (Å²) >= 11 is 1.27. The zero-order valence-corrected chi connectivity index (χ0v) is 10.5. The number of anilines is 1. The highest BCUT2D eigenvalue weighted by molar-refractivity contribution is 7.13. The van der Waals surface area contributed by atoms with Crippen molar-refractivity contribution in [2.24, 2.45) is 5.92 Å². The first kappa shape index (κ1) is 13.4. The number of aliphatic carboxylic acids is 1. The molecule has 0 aromatic carbocycles. The number of aromatic nitrogens is 1. The van der Waals surface area contributed by atoms with E-state index in [1.54, 1.807) is 11.6 Å². The zero-order chi connectivity index (χ0) is 12.8. The summed E-state index contributed by atoms with van der Waals surface area (Å²) < 4.78 is 0. The van der Waals surface area contributed by atoms with Crippen LogP contribution >= 0.6 is 11.3 Å². The van der Waals surface area contributed by atoms with Gasteiger partial charge in [-0.25, -0.2) is 14.6 Å². The van der Waals surface area contributed by atoms with Gasteiger partial charge in [0.15, 0.2) is 5.13 Å². The van der Waals surface area contributed by atoms with Crippen molar-refractivity contribution in [1.82, 2.24) is 10.3 Å². The van der Waals surface area contributed by atoms with Crippen molar-refractivity contribution in [3.63, 3.8) is 0 Å². The van der Waals surface area contributed by atoms with Crippen molar-refractivity contribution in [2.75, 3.05) is 5.32 Å². The van der Waals surface area contributed by atoms with Gasteiger partial charge in [-0.3, -0.25) is 5.32 Å². The molecule has 6 nitrogen and oxygen atoms in total. The van der Waals surface area contributed by atoms with Gasteiger partial charge in [-0.2, -0.15) is 0 Å². The second kappa shape index (κ2) is 6.19. The first-order chi connectivity index (χ1) is 7.99. The SMILES string of the molecule is CC(C)CC(NC(=O)Nc1nccs1)C(=O)O. The van der Waals surface area contributed by atoms with Crippen LogP contribution in [0.3, 0.4) is 0 Å². The van der Waals surface area contributed by atoms with Crippen molar-refractivity contribution in [3.05, 3.63) is 11.6 Å². The summed E-state index contributed by atoms with van der Waals surface area (Å²) in [6.07, 6.45) is 1.95. The maximum absolute atomic E-state index is 11.5. The summed E-state index contributed by atoms with van der Waals surface area (Å²) in [5.74, 6) is -0.843. The van der Waals surface area contributed by atoms with Gasteiger partial charge in [0.2, 0.25) is 0 Å². The van der Waals surface area contributed by atoms with Gasteiger partial charge in [0.05, 0.1) is 0 Å². The summed E-state index contributed by atoms with van der Waals surface area (Å²) in [6, 6.07) is -1.43. The van der Waals surface area contributed by atoms with Crippen molar-refractivity contribution in [3.8, 4) is 0 Å². The second-order valence-electron chi connectivity index (χ2n) is 3.96. The maximum atomic E-state index is 11.5. The molecule has 1 heterocycles. The van der Waals surface area contributed by atoms with E-state index < -0.39 is 18.0 Å². The minimum Gasteiger partial charge on any atom is -0.480 e. The lowest BCUT2D eigenvalue weighted by Gasteiger charge is -2.16. The molecule has 0 aliphatic rings. The molecule has 0 spiro atoms. The van der Waals surface area contributed by atoms with Crippen LogP contribution in [-0.2, 0) is 4.79 Å². The standard InChI is InChI=1S/C10H15N3O3S/c1-6(2)5-7(8(14)15)12-9(16)13-10-11-3-4-17-10/h3-4,6-7H,5H2,1-2H3,(H,14,15)(H2,11,12,13,16). The predicted octanol–water partition coefficient (Wildman–Crippen LogP) is 1.76. The number of urea groups is 1. The monoisotopic (exact) mass is 257 g/mol. The van der Waals surface area contributed by atoms with Gasteiger partial charge in [0, 0.05) is 11.6 Å². The molecule has 2 amide bonds. The van der Waals surface area contributed by atoms with Crippen LogP contribution < -0.4 is 10.6 Å². The average molecular weight is 257 g/mol. The molecular weight excluding hydrogens is 242 g/mol. The number of hydrogen-bond donors (Lipinski definition) is 3. The molecule has 94 valence electrons. The number of amides is 2. The first-order valence-corrected chi connectivity index (χ1v) is 6.07. The summed E-state index contributed by atoms with van der Waals surface area (Å²) in [5, 5.41) is 16.0. The van der Waals surface area contributed by atoms with E-state index in [0.717, 1.165) is 0 Å². The van der Waals surface area contributed by atoms with Crippen LogP contribution in [0.1, 0.15) is 20.3 Å². The quantitative estimate of drug-likeness (QED) is 0.749. The number of nitrogens with zero attached hydrogens (tertiary/aromatic N) is 1. The highest BCUT2D eigenvalue weighted by Crippen LogP contribution is 2.10. The molecule has 1 atom stereocenters. The molecule has 1 rings (SSSR count). The van der Waals surface area contributed by atoms with Crippen LogP contribution in [0.15, 0.2) is 11.6 Å². The molecule has 0 fully saturated rings. The van der Waals surface area contributed by atoms with Crippen LogP contribution in [0.5, 0.6) is 0 Å². The number of rotatable bonds is 5. The normalized spacial score (nSPS) is 12.2. The zero-order valence-electron chi connectivity index (χ0n) is 9.64. The number of hydrogen-bond acceptors (Lipinski definition) is 4. The Labute approximate surface area is 103 Å². The van der Waals surface area contributed by atoms with Gasteiger partial charge in [-0.1, -0.05) is 13.8 Å². The first-order valence-electron chi connectivity index (χ1n) is 5.19. The summed E-state index contributed by atoms with van der Waals surface area (Å²) in [6.45, 7) is 3.80. The van der Waals surface area contributed by atoms with E-state index in [2.05, 4.69) is 15.6 Å². The van der Waals surface area contributed by atoms with Crippen molar-refractivity contribution >= 4 is 28.5 Å². The van der Waals surface area contributed by atoms with E-state index in [1.807, 2.05) is 13.8 Å². The molecule has 0 aliphatic heterocycles. The number of carbonyl (C=O) groups is 2. The predicted molar refractivity (Wildman–Crippen MR) is 65.1 cm³/mol. The van der Waals surface area contributed by atoms with E-state index >= 15 is 0 Å². The lowest BCUT2D eigenvalue weighted by atomic mass is 10.0. The molecule has 0 bridgehead atoms. The van der Waals surface area contributed by atoms with Crippen LogP contribution in [0, 0.1) is 5.92 Å².